The van der Waals surface area contributed by atoms with Crippen molar-refractivity contribution in [2.75, 3.05) is 38.2 Å². The Bertz CT molecular complexity index is 1860. The number of rotatable bonds is 8. The smallest absolute Gasteiger partial charge is 0.350 e. The van der Waals surface area contributed by atoms with Crippen molar-refractivity contribution < 1.29 is 9.53 Å². The number of hydrogen-bond donors (Lipinski definition) is 1. The molecule has 0 radical (unpaired) electrons. The summed E-state index contributed by atoms with van der Waals surface area (Å²) in [6, 6.07) is 3.93. The summed E-state index contributed by atoms with van der Waals surface area (Å²) in [5.41, 5.74) is 1.35. The molecule has 4 aliphatic heterocycles. The van der Waals surface area contributed by atoms with E-state index in [2.05, 4.69) is 52.4 Å². The average Bonchev–Trinajstić information content (AvgIpc) is 3.62. The SMILES string of the molecule is C/C=C/C=c1/[nH]nc/c1=C\c1c(Cl)cc2c(N3C[C@@H](C)N(C)C[C@@H]3C)nc(=O)n3c2c1OC[C@@H]3CCCN1C2CCCC1CC2.C=CC=O. The van der Waals surface area contributed by atoms with Gasteiger partial charge in [-0.3, -0.25) is 24.3 Å². The zero-order chi connectivity index (χ0) is 34.7. The van der Waals surface area contributed by atoms with Crippen molar-refractivity contribution in [1.82, 2.24) is 29.5 Å². The molecule has 6 heterocycles. The number of aromatic amines is 1. The van der Waals surface area contributed by atoms with Crippen LogP contribution in [0.1, 0.15) is 77.3 Å². The molecule has 2 bridgehead atoms. The predicted molar refractivity (Wildman–Crippen MR) is 198 cm³/mol. The summed E-state index contributed by atoms with van der Waals surface area (Å²) in [4.78, 5) is 35.4. The normalized spacial score (nSPS) is 26.2. The maximum atomic E-state index is 14.1. The van der Waals surface area contributed by atoms with Gasteiger partial charge < -0.3 is 9.64 Å². The van der Waals surface area contributed by atoms with Gasteiger partial charge in [0.2, 0.25) is 0 Å². The molecule has 2 aromatic heterocycles. The lowest BCUT2D eigenvalue weighted by molar-refractivity contribution is -0.104. The van der Waals surface area contributed by atoms with Gasteiger partial charge in [-0.15, -0.1) is 0 Å². The molecule has 0 aliphatic carbocycles. The number of fused-ring (bicyclic) bond motifs is 2. The number of ether oxygens (including phenoxy) is 1. The van der Waals surface area contributed by atoms with E-state index in [0.29, 0.717) is 35.5 Å². The Kier molecular flexibility index (Phi) is 11.1. The molecular weight excluding hydrogens is 638 g/mol. The van der Waals surface area contributed by atoms with Gasteiger partial charge in [0.15, 0.2) is 5.75 Å². The third kappa shape index (κ3) is 7.14. The van der Waals surface area contributed by atoms with E-state index in [4.69, 9.17) is 26.1 Å². The first-order valence-corrected chi connectivity index (χ1v) is 18.2. The van der Waals surface area contributed by atoms with E-state index >= 15 is 0 Å². The number of halogens is 1. The molecule has 4 aliphatic rings. The van der Waals surface area contributed by atoms with Crippen LogP contribution >= 0.6 is 11.6 Å². The van der Waals surface area contributed by atoms with E-state index in [1.807, 2.05) is 41.9 Å². The van der Waals surface area contributed by atoms with Crippen molar-refractivity contribution in [2.45, 2.75) is 95.9 Å². The minimum Gasteiger partial charge on any atom is -0.489 e. The Labute approximate surface area is 293 Å². The summed E-state index contributed by atoms with van der Waals surface area (Å²) in [6.07, 6.45) is 20.2. The number of piperazine rings is 1. The maximum Gasteiger partial charge on any atom is 0.350 e. The lowest BCUT2D eigenvalue weighted by Gasteiger charge is -2.43. The topological polar surface area (TPSA) is 99.6 Å². The monoisotopic (exact) mass is 687 g/mol. The molecule has 3 fully saturated rings. The number of nitrogens with zero attached hydrogens (tertiary/aromatic N) is 6. The minimum atomic E-state index is -0.206. The van der Waals surface area contributed by atoms with Crippen LogP contribution in [0.4, 0.5) is 5.82 Å². The van der Waals surface area contributed by atoms with E-state index in [0.717, 1.165) is 71.6 Å². The van der Waals surface area contributed by atoms with Crippen LogP contribution < -0.4 is 25.9 Å². The van der Waals surface area contributed by atoms with Gasteiger partial charge in [0.05, 0.1) is 28.1 Å². The molecule has 0 spiro atoms. The molecule has 5 atom stereocenters. The summed E-state index contributed by atoms with van der Waals surface area (Å²) >= 11 is 7.10. The van der Waals surface area contributed by atoms with Crippen molar-refractivity contribution in [3.05, 3.63) is 68.7 Å². The minimum absolute atomic E-state index is 0.0816. The van der Waals surface area contributed by atoms with Gasteiger partial charge in [-0.2, -0.15) is 10.1 Å². The van der Waals surface area contributed by atoms with Crippen molar-refractivity contribution in [3.8, 4) is 5.75 Å². The molecular formula is C38H50ClN7O3. The Morgan fingerprint density at radius 3 is 2.61 bits per heavy atom. The highest BCUT2D eigenvalue weighted by Gasteiger charge is 2.37. The fourth-order valence-electron chi connectivity index (χ4n) is 8.24. The number of hydrogen-bond acceptors (Lipinski definition) is 8. The van der Waals surface area contributed by atoms with E-state index in [1.165, 1.54) is 38.2 Å². The number of carbonyl (C=O) groups is 1. The highest BCUT2D eigenvalue weighted by molar-refractivity contribution is 6.33. The summed E-state index contributed by atoms with van der Waals surface area (Å²) in [5.74, 6) is 1.35. The second-order valence-corrected chi connectivity index (χ2v) is 14.4. The van der Waals surface area contributed by atoms with Gasteiger partial charge in [0, 0.05) is 53.4 Å². The summed E-state index contributed by atoms with van der Waals surface area (Å²) < 4.78 is 8.57. The van der Waals surface area contributed by atoms with Gasteiger partial charge in [-0.1, -0.05) is 36.8 Å². The second-order valence-electron chi connectivity index (χ2n) is 14.0. The lowest BCUT2D eigenvalue weighted by Crippen LogP contribution is -2.55. The molecule has 1 N–H and O–H groups in total. The van der Waals surface area contributed by atoms with Crippen LogP contribution in [-0.2, 0) is 4.79 Å². The number of carbonyl (C=O) groups excluding carboxylic acids is 1. The number of aromatic nitrogens is 4. The van der Waals surface area contributed by atoms with Crippen LogP contribution in [0.15, 0.2) is 41.9 Å². The third-order valence-electron chi connectivity index (χ3n) is 10.8. The highest BCUT2D eigenvalue weighted by atomic mass is 35.5. The van der Waals surface area contributed by atoms with Crippen LogP contribution in [-0.4, -0.2) is 93.3 Å². The number of allylic oxidation sites excluding steroid dienone is 3. The molecule has 11 heteroatoms. The molecule has 10 nitrogen and oxygen atoms in total. The number of nitrogens with one attached hydrogen (secondary N) is 1. The lowest BCUT2D eigenvalue weighted by atomic mass is 10.0. The number of piperidine rings is 1. The zero-order valence-electron chi connectivity index (χ0n) is 29.3. The quantitative estimate of drug-likeness (QED) is 0.271. The number of H-pyrrole nitrogens is 1. The first-order valence-electron chi connectivity index (χ1n) is 17.8. The number of aldehydes is 1. The average molecular weight is 688 g/mol. The van der Waals surface area contributed by atoms with Crippen molar-refractivity contribution in [3.63, 3.8) is 0 Å². The van der Waals surface area contributed by atoms with Crippen molar-refractivity contribution in [1.29, 1.82) is 0 Å². The third-order valence-corrected chi connectivity index (χ3v) is 11.2. The number of likely N-dealkylation sites (N-methyl/N-ethyl adjacent to an activating group) is 1. The second kappa shape index (κ2) is 15.4. The van der Waals surface area contributed by atoms with E-state index in [9.17, 15) is 4.79 Å². The van der Waals surface area contributed by atoms with Crippen LogP contribution in [0, 0.1) is 0 Å². The molecule has 0 saturated carbocycles. The zero-order valence-corrected chi connectivity index (χ0v) is 30.0. The van der Waals surface area contributed by atoms with Crippen LogP contribution in [0.2, 0.25) is 5.02 Å². The Hall–Kier alpha value is -3.73. The fraction of sp³-hybridized carbons (Fsp3) is 0.526. The predicted octanol–water partition coefficient (Wildman–Crippen LogP) is 4.59. The van der Waals surface area contributed by atoms with Gasteiger partial charge in [0.25, 0.3) is 0 Å². The van der Waals surface area contributed by atoms with Gasteiger partial charge in [0.1, 0.15) is 18.7 Å². The van der Waals surface area contributed by atoms with Crippen molar-refractivity contribution in [2.24, 2.45) is 0 Å². The Morgan fingerprint density at radius 2 is 1.90 bits per heavy atom. The van der Waals surface area contributed by atoms with Gasteiger partial charge >= 0.3 is 5.69 Å². The van der Waals surface area contributed by atoms with Gasteiger partial charge in [-0.25, -0.2) is 4.79 Å². The standard InChI is InChI=1S/C35H46ClN7O2.C3H4O/c1-5-6-12-31-24(18-37-39-31)16-28-30(36)17-29-32-33(28)45-21-27(11-8-15-41-25-9-7-10-26(41)14-13-25)43(32)35(44)38-34(29)42-20-22(2)40(4)19-23(42)3;1-2-3-4/h5-6,12,16-18,22-23,25-27,39H,7-11,13-15,19-21H2,1-4H3;2-3H,1H2/b6-5+,24-16+,31-12+;/t22-,23+,25?,26?,27+;/m1./s1. The molecule has 7 rings (SSSR count). The maximum absolute atomic E-state index is 14.1. The largest absolute Gasteiger partial charge is 0.489 e. The molecule has 0 amide bonds. The summed E-state index contributed by atoms with van der Waals surface area (Å²) in [7, 11) is 2.16. The van der Waals surface area contributed by atoms with Crippen LogP contribution in [0.5, 0.6) is 5.75 Å². The molecule has 3 aromatic rings. The molecule has 49 heavy (non-hydrogen) atoms. The molecule has 3 saturated heterocycles. The first kappa shape index (κ1) is 35.1. The summed E-state index contributed by atoms with van der Waals surface area (Å²) in [5, 5.41) is 10.6. The first-order chi connectivity index (χ1) is 23.7. The van der Waals surface area contributed by atoms with E-state index < -0.39 is 0 Å². The summed E-state index contributed by atoms with van der Waals surface area (Å²) in [6.45, 7) is 12.7. The van der Waals surface area contributed by atoms with Crippen LogP contribution in [0.3, 0.4) is 0 Å². The number of benzene rings is 1. The Balaban J connectivity index is 0.000000989. The Morgan fingerprint density at radius 1 is 1.14 bits per heavy atom. The van der Waals surface area contributed by atoms with Gasteiger partial charge in [-0.05, 0) is 97.2 Å². The molecule has 1 aromatic carbocycles. The van der Waals surface area contributed by atoms with E-state index in [-0.39, 0.29) is 17.8 Å². The number of anilines is 1. The highest BCUT2D eigenvalue weighted by Crippen LogP contribution is 2.43. The van der Waals surface area contributed by atoms with Crippen molar-refractivity contribution >= 4 is 46.8 Å². The fourth-order valence-corrected chi connectivity index (χ4v) is 8.49. The molecule has 262 valence electrons. The van der Waals surface area contributed by atoms with Crippen LogP contribution in [0.25, 0.3) is 23.1 Å². The van der Waals surface area contributed by atoms with E-state index in [1.54, 1.807) is 6.20 Å². The molecule has 2 unspecified atom stereocenters.